The SMILES string of the molecule is CCCCOc1ccc(/C=N\Nc2ccc(Cl)c(Cl)c2)cc1OC. The van der Waals surface area contributed by atoms with Crippen LogP contribution in [0.5, 0.6) is 11.5 Å². The summed E-state index contributed by atoms with van der Waals surface area (Å²) < 4.78 is 11.1. The second kappa shape index (κ2) is 9.40. The van der Waals surface area contributed by atoms with E-state index in [2.05, 4.69) is 17.5 Å². The third kappa shape index (κ3) is 5.32. The first-order valence-electron chi connectivity index (χ1n) is 7.69. The highest BCUT2D eigenvalue weighted by atomic mass is 35.5. The number of hydrogen-bond acceptors (Lipinski definition) is 4. The van der Waals surface area contributed by atoms with Crippen molar-refractivity contribution >= 4 is 35.1 Å². The van der Waals surface area contributed by atoms with E-state index < -0.39 is 0 Å². The lowest BCUT2D eigenvalue weighted by Crippen LogP contribution is -1.99. The molecule has 0 atom stereocenters. The van der Waals surface area contributed by atoms with Crippen LogP contribution in [0.1, 0.15) is 25.3 Å². The number of nitrogens with zero attached hydrogens (tertiary/aromatic N) is 1. The topological polar surface area (TPSA) is 42.8 Å². The lowest BCUT2D eigenvalue weighted by atomic mass is 10.2. The van der Waals surface area contributed by atoms with E-state index in [4.69, 9.17) is 32.7 Å². The molecule has 0 radical (unpaired) electrons. The summed E-state index contributed by atoms with van der Waals surface area (Å²) in [6.07, 6.45) is 3.80. The van der Waals surface area contributed by atoms with Gasteiger partial charge in [-0.05, 0) is 48.4 Å². The number of rotatable bonds is 8. The van der Waals surface area contributed by atoms with Crippen molar-refractivity contribution < 1.29 is 9.47 Å². The van der Waals surface area contributed by atoms with Gasteiger partial charge in [0.1, 0.15) is 0 Å². The van der Waals surface area contributed by atoms with E-state index in [1.807, 2.05) is 18.2 Å². The van der Waals surface area contributed by atoms with Gasteiger partial charge in [-0.15, -0.1) is 0 Å². The van der Waals surface area contributed by atoms with Crippen molar-refractivity contribution in [3.05, 3.63) is 52.0 Å². The molecule has 128 valence electrons. The molecule has 0 saturated heterocycles. The zero-order valence-electron chi connectivity index (χ0n) is 13.7. The summed E-state index contributed by atoms with van der Waals surface area (Å²) in [6, 6.07) is 10.9. The summed E-state index contributed by atoms with van der Waals surface area (Å²) in [4.78, 5) is 0. The van der Waals surface area contributed by atoms with Crippen molar-refractivity contribution in [1.29, 1.82) is 0 Å². The number of halogens is 2. The highest BCUT2D eigenvalue weighted by Gasteiger charge is 2.05. The minimum Gasteiger partial charge on any atom is -0.493 e. The number of unbranched alkanes of at least 4 members (excludes halogenated alkanes) is 1. The van der Waals surface area contributed by atoms with Gasteiger partial charge in [0.05, 0.1) is 35.7 Å². The Kier molecular flexibility index (Phi) is 7.22. The van der Waals surface area contributed by atoms with Crippen molar-refractivity contribution in [2.45, 2.75) is 19.8 Å². The summed E-state index contributed by atoms with van der Waals surface area (Å²) in [5.74, 6) is 1.42. The molecule has 0 aliphatic heterocycles. The Balaban J connectivity index is 2.02. The van der Waals surface area contributed by atoms with Crippen LogP contribution < -0.4 is 14.9 Å². The Morgan fingerprint density at radius 1 is 1.08 bits per heavy atom. The number of anilines is 1. The molecule has 0 aliphatic rings. The van der Waals surface area contributed by atoms with Gasteiger partial charge in [-0.2, -0.15) is 5.10 Å². The maximum absolute atomic E-state index is 5.96. The van der Waals surface area contributed by atoms with Crippen molar-refractivity contribution in [3.8, 4) is 11.5 Å². The van der Waals surface area contributed by atoms with Gasteiger partial charge in [0.2, 0.25) is 0 Å². The quantitative estimate of drug-likeness (QED) is 0.374. The van der Waals surface area contributed by atoms with Crippen LogP contribution in [-0.2, 0) is 0 Å². The Morgan fingerprint density at radius 3 is 2.62 bits per heavy atom. The molecule has 0 aliphatic carbocycles. The minimum absolute atomic E-state index is 0.479. The van der Waals surface area contributed by atoms with Crippen molar-refractivity contribution in [2.75, 3.05) is 19.1 Å². The van der Waals surface area contributed by atoms with Gasteiger partial charge < -0.3 is 9.47 Å². The smallest absolute Gasteiger partial charge is 0.161 e. The number of hydrazone groups is 1. The third-order valence-corrected chi connectivity index (χ3v) is 4.01. The fourth-order valence-corrected chi connectivity index (χ4v) is 2.26. The Morgan fingerprint density at radius 2 is 1.92 bits per heavy atom. The van der Waals surface area contributed by atoms with Crippen LogP contribution in [0.4, 0.5) is 5.69 Å². The van der Waals surface area contributed by atoms with Crippen LogP contribution in [0.25, 0.3) is 0 Å². The first-order chi connectivity index (χ1) is 11.6. The Bertz CT molecular complexity index is 705. The van der Waals surface area contributed by atoms with E-state index in [1.54, 1.807) is 31.5 Å². The van der Waals surface area contributed by atoms with Crippen molar-refractivity contribution in [1.82, 2.24) is 0 Å². The lowest BCUT2D eigenvalue weighted by molar-refractivity contribution is 0.288. The molecule has 0 bridgehead atoms. The van der Waals surface area contributed by atoms with Gasteiger partial charge in [0.25, 0.3) is 0 Å². The van der Waals surface area contributed by atoms with Gasteiger partial charge >= 0.3 is 0 Å². The van der Waals surface area contributed by atoms with E-state index in [0.717, 1.165) is 29.8 Å². The number of ether oxygens (including phenoxy) is 2. The monoisotopic (exact) mass is 366 g/mol. The van der Waals surface area contributed by atoms with Crippen molar-refractivity contribution in [3.63, 3.8) is 0 Å². The molecule has 2 rings (SSSR count). The molecule has 4 nitrogen and oxygen atoms in total. The molecule has 0 amide bonds. The van der Waals surface area contributed by atoms with Crippen molar-refractivity contribution in [2.24, 2.45) is 5.10 Å². The van der Waals surface area contributed by atoms with Crippen LogP contribution in [0.3, 0.4) is 0 Å². The normalized spacial score (nSPS) is 10.8. The number of benzene rings is 2. The van der Waals surface area contributed by atoms with Crippen LogP contribution >= 0.6 is 23.2 Å². The zero-order chi connectivity index (χ0) is 17.4. The van der Waals surface area contributed by atoms with Gasteiger partial charge in [0.15, 0.2) is 11.5 Å². The molecule has 2 aromatic rings. The minimum atomic E-state index is 0.479. The summed E-state index contributed by atoms with van der Waals surface area (Å²) >= 11 is 11.8. The summed E-state index contributed by atoms with van der Waals surface area (Å²) in [5.41, 5.74) is 4.56. The second-order valence-corrected chi connectivity index (χ2v) is 5.93. The highest BCUT2D eigenvalue weighted by molar-refractivity contribution is 6.42. The van der Waals surface area contributed by atoms with E-state index in [1.165, 1.54) is 0 Å². The fourth-order valence-electron chi connectivity index (χ4n) is 1.96. The highest BCUT2D eigenvalue weighted by Crippen LogP contribution is 2.28. The maximum atomic E-state index is 5.96. The lowest BCUT2D eigenvalue weighted by Gasteiger charge is -2.10. The predicted octanol–water partition coefficient (Wildman–Crippen LogP) is 5.63. The largest absolute Gasteiger partial charge is 0.493 e. The molecular weight excluding hydrogens is 347 g/mol. The molecular formula is C18H20Cl2N2O2. The van der Waals surface area contributed by atoms with Gasteiger partial charge in [-0.25, -0.2) is 0 Å². The molecule has 0 heterocycles. The molecule has 0 spiro atoms. The van der Waals surface area contributed by atoms with Crippen LogP contribution in [0.2, 0.25) is 10.0 Å². The van der Waals surface area contributed by atoms with E-state index in [-0.39, 0.29) is 0 Å². The van der Waals surface area contributed by atoms with E-state index in [0.29, 0.717) is 22.4 Å². The second-order valence-electron chi connectivity index (χ2n) is 5.11. The Hall–Kier alpha value is -1.91. The molecule has 0 saturated carbocycles. The van der Waals surface area contributed by atoms with Crippen LogP contribution in [-0.4, -0.2) is 19.9 Å². The van der Waals surface area contributed by atoms with E-state index in [9.17, 15) is 0 Å². The average Bonchev–Trinajstić information content (AvgIpc) is 2.59. The third-order valence-electron chi connectivity index (χ3n) is 3.27. The average molecular weight is 367 g/mol. The standard InChI is InChI=1S/C18H20Cl2N2O2/c1-3-4-9-24-17-8-5-13(10-18(17)23-2)12-21-22-14-6-7-15(19)16(20)11-14/h5-8,10-12,22H,3-4,9H2,1-2H3/b21-12-. The van der Waals surface area contributed by atoms with Crippen LogP contribution in [0.15, 0.2) is 41.5 Å². The summed E-state index contributed by atoms with van der Waals surface area (Å²) in [7, 11) is 1.62. The summed E-state index contributed by atoms with van der Waals surface area (Å²) in [5, 5.41) is 5.18. The first-order valence-corrected chi connectivity index (χ1v) is 8.44. The fraction of sp³-hybridized carbons (Fsp3) is 0.278. The summed E-state index contributed by atoms with van der Waals surface area (Å²) in [6.45, 7) is 2.81. The van der Waals surface area contributed by atoms with E-state index >= 15 is 0 Å². The van der Waals surface area contributed by atoms with Gasteiger partial charge in [0, 0.05) is 0 Å². The number of hydrogen-bond donors (Lipinski definition) is 1. The zero-order valence-corrected chi connectivity index (χ0v) is 15.2. The number of nitrogens with one attached hydrogen (secondary N) is 1. The number of methoxy groups -OCH3 is 1. The first kappa shape index (κ1) is 18.4. The van der Waals surface area contributed by atoms with Gasteiger partial charge in [-0.3, -0.25) is 5.43 Å². The van der Waals surface area contributed by atoms with Gasteiger partial charge in [-0.1, -0.05) is 36.5 Å². The predicted molar refractivity (Wildman–Crippen MR) is 101 cm³/mol. The van der Waals surface area contributed by atoms with Crippen LogP contribution in [0, 0.1) is 0 Å². The molecule has 0 fully saturated rings. The molecule has 24 heavy (non-hydrogen) atoms. The Labute approximate surface area is 152 Å². The molecule has 2 aromatic carbocycles. The molecule has 1 N–H and O–H groups in total. The molecule has 0 aromatic heterocycles. The maximum Gasteiger partial charge on any atom is 0.161 e. The molecule has 6 heteroatoms. The molecule has 0 unspecified atom stereocenters.